The summed E-state index contributed by atoms with van der Waals surface area (Å²) >= 11 is 0. The van der Waals surface area contributed by atoms with Crippen molar-refractivity contribution in [3.63, 3.8) is 0 Å². The summed E-state index contributed by atoms with van der Waals surface area (Å²) in [6, 6.07) is 7.37. The van der Waals surface area contributed by atoms with E-state index >= 15 is 0 Å². The van der Waals surface area contributed by atoms with Crippen LogP contribution in [0.2, 0.25) is 0 Å². The zero-order valence-electron chi connectivity index (χ0n) is 17.3. The predicted molar refractivity (Wildman–Crippen MR) is 110 cm³/mol. The average Bonchev–Trinajstić information content (AvgIpc) is 2.66. The quantitative estimate of drug-likeness (QED) is 0.762. The fourth-order valence-corrected chi connectivity index (χ4v) is 4.58. The summed E-state index contributed by atoms with van der Waals surface area (Å²) in [6.45, 7) is 8.09. The molecule has 28 heavy (non-hydrogen) atoms. The van der Waals surface area contributed by atoms with Crippen LogP contribution in [0.3, 0.4) is 0 Å². The van der Waals surface area contributed by atoms with Crippen molar-refractivity contribution < 1.29 is 8.42 Å². The Kier molecular flexibility index (Phi) is 6.67. The van der Waals surface area contributed by atoms with Gasteiger partial charge in [0.05, 0.1) is 0 Å². The van der Waals surface area contributed by atoms with Gasteiger partial charge < -0.3 is 4.57 Å². The van der Waals surface area contributed by atoms with Gasteiger partial charge in [-0.3, -0.25) is 9.36 Å². The van der Waals surface area contributed by atoms with E-state index in [9.17, 15) is 18.0 Å². The molecule has 2 unspecified atom stereocenters. The summed E-state index contributed by atoms with van der Waals surface area (Å²) < 4.78 is 30.4. The molecule has 1 N–H and O–H groups in total. The highest BCUT2D eigenvalue weighted by Crippen LogP contribution is 2.26. The van der Waals surface area contributed by atoms with Crippen LogP contribution in [0.4, 0.5) is 0 Å². The van der Waals surface area contributed by atoms with Gasteiger partial charge in [0, 0.05) is 26.3 Å². The molecule has 2 rings (SSSR count). The largest absolute Gasteiger partial charge is 0.330 e. The van der Waals surface area contributed by atoms with Crippen molar-refractivity contribution in [3.8, 4) is 0 Å². The number of rotatable bonds is 7. The van der Waals surface area contributed by atoms with Gasteiger partial charge in [0.2, 0.25) is 10.0 Å². The average molecular weight is 408 g/mol. The van der Waals surface area contributed by atoms with Gasteiger partial charge in [-0.25, -0.2) is 17.9 Å². The first-order chi connectivity index (χ1) is 13.0. The van der Waals surface area contributed by atoms with E-state index in [2.05, 4.69) is 18.6 Å². The fraction of sp³-hybridized carbons (Fsp3) is 0.500. The SMILES string of the molecule is CCC(C)c1ccc(C(NS(=O)(=O)c2cn(C)c(=O)n(C)c2=O)C(C)C)cc1. The Labute approximate surface area is 166 Å². The molecule has 0 spiro atoms. The molecule has 2 atom stereocenters. The second-order valence-electron chi connectivity index (χ2n) is 7.57. The predicted octanol–water partition coefficient (Wildman–Crippen LogP) is 2.27. The monoisotopic (exact) mass is 407 g/mol. The zero-order chi connectivity index (χ0) is 21.2. The molecule has 1 aromatic heterocycles. The second-order valence-corrected chi connectivity index (χ2v) is 9.25. The first-order valence-electron chi connectivity index (χ1n) is 9.38. The van der Waals surface area contributed by atoms with Crippen LogP contribution >= 0.6 is 0 Å². The zero-order valence-corrected chi connectivity index (χ0v) is 18.1. The Bertz CT molecular complexity index is 1050. The van der Waals surface area contributed by atoms with E-state index < -0.39 is 32.2 Å². The summed E-state index contributed by atoms with van der Waals surface area (Å²) in [6.07, 6.45) is 2.09. The first-order valence-corrected chi connectivity index (χ1v) is 10.9. The molecule has 0 fully saturated rings. The normalized spacial score (nSPS) is 14.2. The van der Waals surface area contributed by atoms with Crippen LogP contribution in [0.5, 0.6) is 0 Å². The summed E-state index contributed by atoms with van der Waals surface area (Å²) in [5, 5.41) is 0. The van der Waals surface area contributed by atoms with Crippen LogP contribution in [0, 0.1) is 5.92 Å². The summed E-state index contributed by atoms with van der Waals surface area (Å²) in [7, 11) is -1.45. The van der Waals surface area contributed by atoms with E-state index in [1.807, 2.05) is 38.1 Å². The van der Waals surface area contributed by atoms with Gasteiger partial charge in [-0.2, -0.15) is 0 Å². The Hall–Kier alpha value is -2.19. The van der Waals surface area contributed by atoms with E-state index in [1.54, 1.807) is 0 Å². The van der Waals surface area contributed by atoms with Gasteiger partial charge in [-0.15, -0.1) is 0 Å². The highest BCUT2D eigenvalue weighted by atomic mass is 32.2. The molecule has 7 nitrogen and oxygen atoms in total. The number of nitrogens with one attached hydrogen (secondary N) is 1. The van der Waals surface area contributed by atoms with Gasteiger partial charge in [-0.05, 0) is 29.4 Å². The Morgan fingerprint density at radius 1 is 1.00 bits per heavy atom. The number of aryl methyl sites for hydroxylation is 1. The van der Waals surface area contributed by atoms with Crippen molar-refractivity contribution in [1.82, 2.24) is 13.9 Å². The molecular weight excluding hydrogens is 378 g/mol. The highest BCUT2D eigenvalue weighted by molar-refractivity contribution is 7.89. The third-order valence-electron chi connectivity index (χ3n) is 5.13. The lowest BCUT2D eigenvalue weighted by Gasteiger charge is -2.23. The molecule has 0 bridgehead atoms. The molecule has 1 heterocycles. The summed E-state index contributed by atoms with van der Waals surface area (Å²) in [5.41, 5.74) is 0.603. The second kappa shape index (κ2) is 8.45. The molecule has 1 aromatic carbocycles. The van der Waals surface area contributed by atoms with Crippen molar-refractivity contribution in [1.29, 1.82) is 0 Å². The van der Waals surface area contributed by atoms with Crippen LogP contribution in [0.15, 0.2) is 44.9 Å². The third-order valence-corrected chi connectivity index (χ3v) is 6.55. The van der Waals surface area contributed by atoms with Crippen LogP contribution in [0.1, 0.15) is 57.2 Å². The van der Waals surface area contributed by atoms with E-state index in [0.717, 1.165) is 27.3 Å². The van der Waals surface area contributed by atoms with E-state index in [0.29, 0.717) is 5.92 Å². The number of hydrogen-bond donors (Lipinski definition) is 1. The molecule has 0 aliphatic rings. The molecule has 0 amide bonds. The lowest BCUT2D eigenvalue weighted by Crippen LogP contribution is -2.42. The maximum atomic E-state index is 12.9. The topological polar surface area (TPSA) is 90.2 Å². The number of aromatic nitrogens is 2. The third kappa shape index (κ3) is 4.44. The number of sulfonamides is 1. The number of hydrogen-bond acceptors (Lipinski definition) is 4. The van der Waals surface area contributed by atoms with E-state index in [1.165, 1.54) is 19.7 Å². The Morgan fingerprint density at radius 3 is 2.04 bits per heavy atom. The molecule has 0 saturated heterocycles. The fourth-order valence-electron chi connectivity index (χ4n) is 3.05. The van der Waals surface area contributed by atoms with Gasteiger partial charge in [0.1, 0.15) is 0 Å². The minimum absolute atomic E-state index is 0.0411. The van der Waals surface area contributed by atoms with Crippen LogP contribution in [0.25, 0.3) is 0 Å². The smallest absolute Gasteiger partial charge is 0.302 e. The lowest BCUT2D eigenvalue weighted by atomic mass is 9.93. The molecular formula is C20H29N3O4S. The van der Waals surface area contributed by atoms with Gasteiger partial charge >= 0.3 is 5.69 Å². The Balaban J connectivity index is 2.44. The van der Waals surface area contributed by atoms with Crippen molar-refractivity contribution >= 4 is 10.0 Å². The van der Waals surface area contributed by atoms with Gasteiger partial charge in [-0.1, -0.05) is 52.0 Å². The molecule has 0 saturated carbocycles. The standard InChI is InChI=1S/C20H29N3O4S/c1-7-14(4)15-8-10-16(11-9-15)18(13(2)3)21-28(26,27)17-12-22(5)20(25)23(6)19(17)24/h8-14,18,21H,7H2,1-6H3. The molecule has 0 aliphatic carbocycles. The van der Waals surface area contributed by atoms with E-state index in [4.69, 9.17) is 0 Å². The van der Waals surface area contributed by atoms with Gasteiger partial charge in [0.15, 0.2) is 4.90 Å². The lowest BCUT2D eigenvalue weighted by molar-refractivity contribution is 0.461. The van der Waals surface area contributed by atoms with Crippen LogP contribution in [-0.4, -0.2) is 17.6 Å². The van der Waals surface area contributed by atoms with Crippen molar-refractivity contribution in [2.75, 3.05) is 0 Å². The first kappa shape index (κ1) is 22.1. The van der Waals surface area contributed by atoms with Crippen molar-refractivity contribution in [2.45, 2.75) is 51.0 Å². The molecule has 0 aliphatic heterocycles. The molecule has 0 radical (unpaired) electrons. The summed E-state index contributed by atoms with van der Waals surface area (Å²) in [5.74, 6) is 0.387. The maximum Gasteiger partial charge on any atom is 0.330 e. The van der Waals surface area contributed by atoms with Crippen molar-refractivity contribution in [3.05, 3.63) is 62.4 Å². The van der Waals surface area contributed by atoms with E-state index in [-0.39, 0.29) is 5.92 Å². The Morgan fingerprint density at radius 2 is 1.54 bits per heavy atom. The summed E-state index contributed by atoms with van der Waals surface area (Å²) in [4.78, 5) is 23.8. The minimum Gasteiger partial charge on any atom is -0.302 e. The number of benzene rings is 1. The maximum absolute atomic E-state index is 12.9. The van der Waals surface area contributed by atoms with Crippen molar-refractivity contribution in [2.24, 2.45) is 20.0 Å². The highest BCUT2D eigenvalue weighted by Gasteiger charge is 2.27. The van der Waals surface area contributed by atoms with Crippen LogP contribution < -0.4 is 16.0 Å². The van der Waals surface area contributed by atoms with Crippen LogP contribution in [-0.2, 0) is 24.1 Å². The minimum atomic E-state index is -4.12. The number of nitrogens with zero attached hydrogens (tertiary/aromatic N) is 2. The van der Waals surface area contributed by atoms with Gasteiger partial charge in [0.25, 0.3) is 5.56 Å². The molecule has 8 heteroatoms. The molecule has 154 valence electrons. The molecule has 2 aromatic rings.